The van der Waals surface area contributed by atoms with Crippen molar-refractivity contribution in [1.29, 1.82) is 0 Å². The Labute approximate surface area is 144 Å². The number of phenols is 2. The molecule has 0 bridgehead atoms. The summed E-state index contributed by atoms with van der Waals surface area (Å²) in [5.41, 5.74) is 5.40. The first-order valence-corrected chi connectivity index (χ1v) is 7.56. The number of hydrogen-bond acceptors (Lipinski definition) is 4. The summed E-state index contributed by atoms with van der Waals surface area (Å²) < 4.78 is 0. The van der Waals surface area contributed by atoms with Gasteiger partial charge in [0.25, 0.3) is 0 Å². The fraction of sp³-hybridized carbons (Fsp3) is 0.125. The summed E-state index contributed by atoms with van der Waals surface area (Å²) in [7, 11) is 0. The van der Waals surface area contributed by atoms with Crippen LogP contribution in [0.1, 0.15) is 18.1 Å². The highest BCUT2D eigenvalue weighted by Gasteiger charge is 2.07. The molecule has 23 heavy (non-hydrogen) atoms. The lowest BCUT2D eigenvalue weighted by molar-refractivity contribution is 0.450. The van der Waals surface area contributed by atoms with E-state index in [-0.39, 0.29) is 11.5 Å². The van der Waals surface area contributed by atoms with Crippen LogP contribution in [0.2, 0.25) is 5.02 Å². The minimum Gasteiger partial charge on any atom is -0.508 e. The van der Waals surface area contributed by atoms with E-state index in [1.165, 1.54) is 12.1 Å². The molecule has 0 amide bonds. The Kier molecular flexibility index (Phi) is 5.41. The number of aromatic hydroxyl groups is 2. The second-order valence-corrected chi connectivity index (χ2v) is 5.69. The molecule has 5 nitrogen and oxygen atoms in total. The van der Waals surface area contributed by atoms with Crippen molar-refractivity contribution >= 4 is 40.3 Å². The predicted octanol–water partition coefficient (Wildman–Crippen LogP) is 3.77. The number of thiocarbonyl (C=S) groups is 1. The van der Waals surface area contributed by atoms with Crippen LogP contribution in [0.3, 0.4) is 0 Å². The molecule has 4 N–H and O–H groups in total. The van der Waals surface area contributed by atoms with Gasteiger partial charge < -0.3 is 15.5 Å². The van der Waals surface area contributed by atoms with Crippen molar-refractivity contribution in [3.8, 4) is 11.5 Å². The van der Waals surface area contributed by atoms with Crippen LogP contribution in [0.5, 0.6) is 11.5 Å². The number of rotatable bonds is 3. The van der Waals surface area contributed by atoms with Gasteiger partial charge in [0.2, 0.25) is 0 Å². The molecule has 2 aromatic carbocycles. The van der Waals surface area contributed by atoms with Crippen LogP contribution < -0.4 is 10.7 Å². The summed E-state index contributed by atoms with van der Waals surface area (Å²) in [5, 5.41) is 27.2. The second kappa shape index (κ2) is 7.30. The fourth-order valence-electron chi connectivity index (χ4n) is 1.91. The molecule has 0 heterocycles. The van der Waals surface area contributed by atoms with Crippen molar-refractivity contribution in [1.82, 2.24) is 5.43 Å². The number of halogens is 1. The van der Waals surface area contributed by atoms with Gasteiger partial charge >= 0.3 is 0 Å². The molecule has 0 fully saturated rings. The Hall–Kier alpha value is -2.31. The van der Waals surface area contributed by atoms with Gasteiger partial charge in [0, 0.05) is 22.3 Å². The first-order chi connectivity index (χ1) is 10.9. The van der Waals surface area contributed by atoms with E-state index in [0.29, 0.717) is 21.4 Å². The SMILES string of the molecule is C/C(=N\NC(=S)Nc1cccc(Cl)c1C)c1ccc(O)cc1O. The zero-order valence-corrected chi connectivity index (χ0v) is 14.2. The number of hydrogen-bond donors (Lipinski definition) is 4. The number of nitrogens with one attached hydrogen (secondary N) is 2. The fourth-order valence-corrected chi connectivity index (χ4v) is 2.24. The standard InChI is InChI=1S/C16H16ClN3O2S/c1-9-13(17)4-3-5-14(9)18-16(23)20-19-10(2)12-7-6-11(21)8-15(12)22/h3-8,21-22H,1-2H3,(H2,18,20,23)/b19-10+. The molecule has 0 atom stereocenters. The predicted molar refractivity (Wildman–Crippen MR) is 97.5 cm³/mol. The van der Waals surface area contributed by atoms with Gasteiger partial charge in [0.1, 0.15) is 11.5 Å². The molecule has 0 saturated carbocycles. The molecule has 2 aromatic rings. The van der Waals surface area contributed by atoms with Crippen LogP contribution in [0.25, 0.3) is 0 Å². The molecule has 120 valence electrons. The van der Waals surface area contributed by atoms with E-state index in [9.17, 15) is 10.2 Å². The zero-order valence-electron chi connectivity index (χ0n) is 12.6. The van der Waals surface area contributed by atoms with E-state index in [2.05, 4.69) is 15.8 Å². The average Bonchev–Trinajstić information content (AvgIpc) is 2.49. The lowest BCUT2D eigenvalue weighted by atomic mass is 10.1. The van der Waals surface area contributed by atoms with Crippen molar-refractivity contribution in [2.45, 2.75) is 13.8 Å². The number of benzene rings is 2. The van der Waals surface area contributed by atoms with E-state index < -0.39 is 0 Å². The van der Waals surface area contributed by atoms with Crippen molar-refractivity contribution in [3.63, 3.8) is 0 Å². The van der Waals surface area contributed by atoms with E-state index in [1.54, 1.807) is 19.1 Å². The van der Waals surface area contributed by atoms with Gasteiger partial charge in [-0.25, -0.2) is 0 Å². The van der Waals surface area contributed by atoms with Crippen LogP contribution in [-0.2, 0) is 0 Å². The smallest absolute Gasteiger partial charge is 0.191 e. The third kappa shape index (κ3) is 4.34. The lowest BCUT2D eigenvalue weighted by Crippen LogP contribution is -2.25. The molecule has 0 aliphatic rings. The molecule has 0 radical (unpaired) electrons. The quantitative estimate of drug-likeness (QED) is 0.385. The molecular weight excluding hydrogens is 334 g/mol. The molecule has 0 spiro atoms. The van der Waals surface area contributed by atoms with Gasteiger partial charge in [0.05, 0.1) is 5.71 Å². The van der Waals surface area contributed by atoms with Crippen LogP contribution >= 0.6 is 23.8 Å². The van der Waals surface area contributed by atoms with E-state index in [0.717, 1.165) is 11.3 Å². The Bertz CT molecular complexity index is 778. The molecule has 7 heteroatoms. The van der Waals surface area contributed by atoms with Gasteiger partial charge in [-0.3, -0.25) is 5.43 Å². The third-order valence-corrected chi connectivity index (χ3v) is 3.81. The largest absolute Gasteiger partial charge is 0.508 e. The van der Waals surface area contributed by atoms with Crippen molar-refractivity contribution < 1.29 is 10.2 Å². The van der Waals surface area contributed by atoms with Crippen molar-refractivity contribution in [2.24, 2.45) is 5.10 Å². The van der Waals surface area contributed by atoms with E-state index in [1.807, 2.05) is 19.1 Å². The number of anilines is 1. The lowest BCUT2D eigenvalue weighted by Gasteiger charge is -2.11. The minimum atomic E-state index is -0.0578. The summed E-state index contributed by atoms with van der Waals surface area (Å²) in [6, 6.07) is 9.78. The van der Waals surface area contributed by atoms with Crippen LogP contribution in [-0.4, -0.2) is 21.0 Å². The highest BCUT2D eigenvalue weighted by atomic mass is 35.5. The normalized spacial score (nSPS) is 11.2. The summed E-state index contributed by atoms with van der Waals surface area (Å²) in [4.78, 5) is 0. The maximum atomic E-state index is 9.80. The minimum absolute atomic E-state index is 0.0133. The summed E-state index contributed by atoms with van der Waals surface area (Å²) in [6.45, 7) is 3.60. The molecule has 0 aromatic heterocycles. The Morgan fingerprint density at radius 2 is 1.96 bits per heavy atom. The molecular formula is C16H16ClN3O2S. The Morgan fingerprint density at radius 3 is 2.65 bits per heavy atom. The highest BCUT2D eigenvalue weighted by Crippen LogP contribution is 2.24. The Balaban J connectivity index is 2.07. The van der Waals surface area contributed by atoms with Gasteiger partial charge in [-0.2, -0.15) is 5.10 Å². The molecule has 2 rings (SSSR count). The van der Waals surface area contributed by atoms with Crippen LogP contribution in [0.4, 0.5) is 5.69 Å². The Morgan fingerprint density at radius 1 is 1.22 bits per heavy atom. The third-order valence-electron chi connectivity index (χ3n) is 3.21. The van der Waals surface area contributed by atoms with Crippen molar-refractivity contribution in [2.75, 3.05) is 5.32 Å². The summed E-state index contributed by atoms with van der Waals surface area (Å²) in [6.07, 6.45) is 0. The maximum Gasteiger partial charge on any atom is 0.191 e. The number of hydrazone groups is 1. The molecule has 0 unspecified atom stereocenters. The zero-order chi connectivity index (χ0) is 17.0. The topological polar surface area (TPSA) is 76.9 Å². The van der Waals surface area contributed by atoms with Crippen LogP contribution in [0.15, 0.2) is 41.5 Å². The molecule has 0 aliphatic heterocycles. The van der Waals surface area contributed by atoms with Crippen molar-refractivity contribution in [3.05, 3.63) is 52.5 Å². The number of phenolic OH excluding ortho intramolecular Hbond substituents is 2. The first-order valence-electron chi connectivity index (χ1n) is 6.77. The number of nitrogens with zero attached hydrogens (tertiary/aromatic N) is 1. The summed E-state index contributed by atoms with van der Waals surface area (Å²) >= 11 is 11.2. The molecule has 0 aliphatic carbocycles. The molecule has 0 saturated heterocycles. The van der Waals surface area contributed by atoms with Gasteiger partial charge in [-0.05, 0) is 55.9 Å². The highest BCUT2D eigenvalue weighted by molar-refractivity contribution is 7.80. The maximum absolute atomic E-state index is 9.80. The van der Waals surface area contributed by atoms with Crippen LogP contribution in [0, 0.1) is 6.92 Å². The average molecular weight is 350 g/mol. The van der Waals surface area contributed by atoms with Gasteiger partial charge in [0.15, 0.2) is 5.11 Å². The van der Waals surface area contributed by atoms with Gasteiger partial charge in [-0.1, -0.05) is 17.7 Å². The van der Waals surface area contributed by atoms with E-state index >= 15 is 0 Å². The second-order valence-electron chi connectivity index (χ2n) is 4.88. The first kappa shape index (κ1) is 17.1. The summed E-state index contributed by atoms with van der Waals surface area (Å²) in [5.74, 6) is -0.0711. The monoisotopic (exact) mass is 349 g/mol. The van der Waals surface area contributed by atoms with Gasteiger partial charge in [-0.15, -0.1) is 0 Å². The van der Waals surface area contributed by atoms with E-state index in [4.69, 9.17) is 23.8 Å².